The lowest BCUT2D eigenvalue weighted by Gasteiger charge is -2.12. The van der Waals surface area contributed by atoms with Crippen LogP contribution >= 0.6 is 0 Å². The molecule has 2 rings (SSSR count). The molecule has 0 aliphatic heterocycles. The molecular weight excluding hydrogens is 212 g/mol. The number of anilines is 1. The van der Waals surface area contributed by atoms with E-state index in [1.54, 1.807) is 0 Å². The van der Waals surface area contributed by atoms with E-state index in [1.807, 2.05) is 24.3 Å². The summed E-state index contributed by atoms with van der Waals surface area (Å²) < 4.78 is 5.75. The first-order valence-electron chi connectivity index (χ1n) is 6.24. The lowest BCUT2D eigenvalue weighted by Crippen LogP contribution is -2.15. The number of nitriles is 1. The summed E-state index contributed by atoms with van der Waals surface area (Å²) in [6.07, 6.45) is 5.55. The first-order valence-corrected chi connectivity index (χ1v) is 6.24. The summed E-state index contributed by atoms with van der Waals surface area (Å²) in [5.74, 6) is 0. The molecule has 1 aromatic rings. The van der Waals surface area contributed by atoms with E-state index in [9.17, 15) is 0 Å². The fourth-order valence-corrected chi connectivity index (χ4v) is 2.14. The maximum Gasteiger partial charge on any atom is 0.0991 e. The molecule has 0 aromatic heterocycles. The minimum Gasteiger partial charge on any atom is -0.383 e. The van der Waals surface area contributed by atoms with Crippen molar-refractivity contribution < 1.29 is 4.74 Å². The van der Waals surface area contributed by atoms with Crippen molar-refractivity contribution in [1.29, 1.82) is 5.26 Å². The van der Waals surface area contributed by atoms with Crippen LogP contribution in [0.4, 0.5) is 5.69 Å². The summed E-state index contributed by atoms with van der Waals surface area (Å²) in [6.45, 7) is 1.58. The monoisotopic (exact) mass is 230 g/mol. The molecule has 0 bridgehead atoms. The van der Waals surface area contributed by atoms with Crippen molar-refractivity contribution in [3.8, 4) is 6.07 Å². The van der Waals surface area contributed by atoms with Crippen molar-refractivity contribution in [2.45, 2.75) is 31.8 Å². The molecule has 0 heterocycles. The number of rotatable bonds is 5. The molecule has 0 radical (unpaired) electrons. The highest BCUT2D eigenvalue weighted by molar-refractivity contribution is 5.47. The van der Waals surface area contributed by atoms with Crippen molar-refractivity contribution in [3.63, 3.8) is 0 Å². The third-order valence-electron chi connectivity index (χ3n) is 3.10. The zero-order valence-electron chi connectivity index (χ0n) is 9.98. The minimum absolute atomic E-state index is 0.484. The van der Waals surface area contributed by atoms with Crippen LogP contribution in [0, 0.1) is 11.3 Å². The van der Waals surface area contributed by atoms with E-state index in [0.29, 0.717) is 11.7 Å². The first kappa shape index (κ1) is 11.9. The van der Waals surface area contributed by atoms with E-state index in [0.717, 1.165) is 18.8 Å². The van der Waals surface area contributed by atoms with Gasteiger partial charge in [0.1, 0.15) is 0 Å². The van der Waals surface area contributed by atoms with Gasteiger partial charge in [-0.3, -0.25) is 0 Å². The van der Waals surface area contributed by atoms with Gasteiger partial charge in [0.15, 0.2) is 0 Å². The van der Waals surface area contributed by atoms with Crippen molar-refractivity contribution in [2.24, 2.45) is 0 Å². The number of hydrogen-bond acceptors (Lipinski definition) is 3. The predicted molar refractivity (Wildman–Crippen MR) is 67.9 cm³/mol. The zero-order chi connectivity index (χ0) is 11.9. The van der Waals surface area contributed by atoms with Gasteiger partial charge >= 0.3 is 0 Å². The van der Waals surface area contributed by atoms with Crippen LogP contribution in [0.2, 0.25) is 0 Å². The number of nitrogens with zero attached hydrogens (tertiary/aromatic N) is 1. The van der Waals surface area contributed by atoms with Crippen LogP contribution in [0.5, 0.6) is 0 Å². The van der Waals surface area contributed by atoms with Crippen LogP contribution in [-0.2, 0) is 4.74 Å². The van der Waals surface area contributed by atoms with Gasteiger partial charge in [0.2, 0.25) is 0 Å². The smallest absolute Gasteiger partial charge is 0.0991 e. The van der Waals surface area contributed by atoms with E-state index >= 15 is 0 Å². The Kier molecular flexibility index (Phi) is 4.40. The summed E-state index contributed by atoms with van der Waals surface area (Å²) in [5, 5.41) is 12.0. The maximum absolute atomic E-state index is 8.67. The molecular formula is C14H18N2O. The third-order valence-corrected chi connectivity index (χ3v) is 3.10. The molecule has 1 aliphatic rings. The zero-order valence-corrected chi connectivity index (χ0v) is 9.98. The molecule has 1 aliphatic carbocycles. The summed E-state index contributed by atoms with van der Waals surface area (Å²) in [5.41, 5.74) is 1.73. The molecule has 0 spiro atoms. The second kappa shape index (κ2) is 6.27. The van der Waals surface area contributed by atoms with Crippen molar-refractivity contribution >= 4 is 5.69 Å². The quantitative estimate of drug-likeness (QED) is 0.791. The Balaban J connectivity index is 1.65. The summed E-state index contributed by atoms with van der Waals surface area (Å²) in [4.78, 5) is 0. The molecule has 1 fully saturated rings. The molecule has 17 heavy (non-hydrogen) atoms. The third kappa shape index (κ3) is 3.76. The van der Waals surface area contributed by atoms with Crippen molar-refractivity contribution in [3.05, 3.63) is 29.8 Å². The highest BCUT2D eigenvalue weighted by Crippen LogP contribution is 2.20. The van der Waals surface area contributed by atoms with E-state index in [-0.39, 0.29) is 0 Å². The van der Waals surface area contributed by atoms with Crippen LogP contribution in [0.1, 0.15) is 31.2 Å². The Hall–Kier alpha value is -1.53. The van der Waals surface area contributed by atoms with Gasteiger partial charge in [-0.25, -0.2) is 0 Å². The van der Waals surface area contributed by atoms with E-state index in [2.05, 4.69) is 11.4 Å². The van der Waals surface area contributed by atoms with Gasteiger partial charge in [-0.1, -0.05) is 12.8 Å². The SMILES string of the molecule is N#Cc1ccc(NCCOC2CCCC2)cc1. The molecule has 0 unspecified atom stereocenters. The lowest BCUT2D eigenvalue weighted by atomic mass is 10.2. The molecule has 0 amide bonds. The number of hydrogen-bond donors (Lipinski definition) is 1. The van der Waals surface area contributed by atoms with E-state index in [4.69, 9.17) is 10.00 Å². The van der Waals surface area contributed by atoms with Gasteiger partial charge in [0.25, 0.3) is 0 Å². The summed E-state index contributed by atoms with van der Waals surface area (Å²) in [7, 11) is 0. The Bertz CT molecular complexity index is 374. The van der Waals surface area contributed by atoms with Crippen LogP contribution in [0.15, 0.2) is 24.3 Å². The van der Waals surface area contributed by atoms with Gasteiger partial charge in [0.05, 0.1) is 24.3 Å². The van der Waals surface area contributed by atoms with Crippen LogP contribution in [0.25, 0.3) is 0 Å². The molecule has 1 aromatic carbocycles. The molecule has 0 atom stereocenters. The molecule has 3 nitrogen and oxygen atoms in total. The summed E-state index contributed by atoms with van der Waals surface area (Å²) >= 11 is 0. The Morgan fingerprint density at radius 3 is 2.59 bits per heavy atom. The lowest BCUT2D eigenvalue weighted by molar-refractivity contribution is 0.0659. The highest BCUT2D eigenvalue weighted by atomic mass is 16.5. The van der Waals surface area contributed by atoms with Gasteiger partial charge < -0.3 is 10.1 Å². The fourth-order valence-electron chi connectivity index (χ4n) is 2.14. The van der Waals surface area contributed by atoms with E-state index in [1.165, 1.54) is 25.7 Å². The average molecular weight is 230 g/mol. The Morgan fingerprint density at radius 1 is 1.24 bits per heavy atom. The molecule has 1 saturated carbocycles. The van der Waals surface area contributed by atoms with Gasteiger partial charge in [-0.2, -0.15) is 5.26 Å². The van der Waals surface area contributed by atoms with Gasteiger partial charge in [0, 0.05) is 12.2 Å². The number of ether oxygens (including phenoxy) is 1. The average Bonchev–Trinajstić information content (AvgIpc) is 2.88. The van der Waals surface area contributed by atoms with E-state index < -0.39 is 0 Å². The molecule has 3 heteroatoms. The first-order chi connectivity index (χ1) is 8.38. The highest BCUT2D eigenvalue weighted by Gasteiger charge is 2.14. The van der Waals surface area contributed by atoms with Crippen LogP contribution in [0.3, 0.4) is 0 Å². The fraction of sp³-hybridized carbons (Fsp3) is 0.500. The second-order valence-electron chi connectivity index (χ2n) is 4.39. The number of nitrogens with one attached hydrogen (secondary N) is 1. The maximum atomic E-state index is 8.67. The standard InChI is InChI=1S/C14H18N2O/c15-11-12-5-7-13(8-6-12)16-9-10-17-14-3-1-2-4-14/h5-8,14,16H,1-4,9-10H2. The van der Waals surface area contributed by atoms with Crippen molar-refractivity contribution in [2.75, 3.05) is 18.5 Å². The predicted octanol–water partition coefficient (Wildman–Crippen LogP) is 2.93. The van der Waals surface area contributed by atoms with Crippen LogP contribution in [-0.4, -0.2) is 19.3 Å². The summed E-state index contributed by atoms with van der Waals surface area (Å²) in [6, 6.07) is 9.59. The molecule has 1 N–H and O–H groups in total. The molecule has 90 valence electrons. The van der Waals surface area contributed by atoms with Crippen LogP contribution < -0.4 is 5.32 Å². The molecule has 0 saturated heterocycles. The second-order valence-corrected chi connectivity index (χ2v) is 4.39. The largest absolute Gasteiger partial charge is 0.383 e. The Labute approximate surface area is 102 Å². The number of benzene rings is 1. The minimum atomic E-state index is 0.484. The normalized spacial score (nSPS) is 15.7. The topological polar surface area (TPSA) is 45.0 Å². The Morgan fingerprint density at radius 2 is 1.94 bits per heavy atom. The van der Waals surface area contributed by atoms with Crippen molar-refractivity contribution in [1.82, 2.24) is 0 Å². The van der Waals surface area contributed by atoms with Gasteiger partial charge in [-0.15, -0.1) is 0 Å². The van der Waals surface area contributed by atoms with Gasteiger partial charge in [-0.05, 0) is 37.1 Å².